The number of hydrogen-bond donors (Lipinski definition) is 2. The Labute approximate surface area is 118 Å². The molecule has 0 unspecified atom stereocenters. The van der Waals surface area contributed by atoms with Gasteiger partial charge in [0.1, 0.15) is 17.3 Å². The Hall–Kier alpha value is -2.70. The first-order valence-electron chi connectivity index (χ1n) is 5.97. The minimum absolute atomic E-state index is 0.0588. The van der Waals surface area contributed by atoms with Gasteiger partial charge in [-0.05, 0) is 31.5 Å². The molecule has 0 bridgehead atoms. The number of rotatable bonds is 2. The average molecular weight is 294 g/mol. The lowest BCUT2D eigenvalue weighted by Crippen LogP contribution is -2.20. The summed E-state index contributed by atoms with van der Waals surface area (Å²) in [5, 5.41) is 19.2. The average Bonchev–Trinajstić information content (AvgIpc) is 2.40. The normalized spacial score (nSPS) is 11.7. The van der Waals surface area contributed by atoms with Crippen LogP contribution < -0.4 is 5.56 Å². The third-order valence-electron chi connectivity index (χ3n) is 2.93. The van der Waals surface area contributed by atoms with E-state index in [0.717, 1.165) is 24.3 Å². The third-order valence-corrected chi connectivity index (χ3v) is 2.93. The third kappa shape index (κ3) is 2.76. The summed E-state index contributed by atoms with van der Waals surface area (Å²) in [5.41, 5.74) is -0.514. The second kappa shape index (κ2) is 5.35. The first kappa shape index (κ1) is 14.7. The van der Waals surface area contributed by atoms with Gasteiger partial charge in [-0.15, -0.1) is 4.73 Å². The fourth-order valence-corrected chi connectivity index (χ4v) is 1.96. The molecule has 0 saturated carbocycles. The van der Waals surface area contributed by atoms with E-state index in [0.29, 0.717) is 5.56 Å². The van der Waals surface area contributed by atoms with Crippen molar-refractivity contribution in [3.63, 3.8) is 0 Å². The zero-order valence-corrected chi connectivity index (χ0v) is 11.3. The van der Waals surface area contributed by atoms with Crippen LogP contribution in [0.25, 0.3) is 0 Å². The van der Waals surface area contributed by atoms with E-state index >= 15 is 0 Å². The molecule has 110 valence electrons. The van der Waals surface area contributed by atoms with Gasteiger partial charge in [0.15, 0.2) is 0 Å². The van der Waals surface area contributed by atoms with E-state index in [1.165, 1.54) is 13.8 Å². The number of aliphatic imine (C=N–C) groups is 1. The molecule has 0 fully saturated rings. The predicted octanol–water partition coefficient (Wildman–Crippen LogP) is 2.52. The molecule has 0 spiro atoms. The molecule has 2 aromatic rings. The molecule has 21 heavy (non-hydrogen) atoms. The van der Waals surface area contributed by atoms with E-state index in [1.54, 1.807) is 0 Å². The van der Waals surface area contributed by atoms with Gasteiger partial charge >= 0.3 is 0 Å². The van der Waals surface area contributed by atoms with Crippen molar-refractivity contribution in [2.24, 2.45) is 4.99 Å². The van der Waals surface area contributed by atoms with Crippen LogP contribution in [0.4, 0.5) is 14.5 Å². The molecule has 0 radical (unpaired) electrons. The number of aromatic nitrogens is 1. The van der Waals surface area contributed by atoms with Crippen LogP contribution >= 0.6 is 0 Å². The molecule has 7 heteroatoms. The summed E-state index contributed by atoms with van der Waals surface area (Å²) in [7, 11) is 0. The summed E-state index contributed by atoms with van der Waals surface area (Å²) in [4.78, 5) is 15.2. The highest BCUT2D eigenvalue weighted by molar-refractivity contribution is 6.03. The molecular formula is C14H12F2N2O3. The van der Waals surface area contributed by atoms with E-state index in [1.807, 2.05) is 0 Å². The number of halogens is 2. The van der Waals surface area contributed by atoms with Crippen LogP contribution in [0.15, 0.2) is 34.1 Å². The largest absolute Gasteiger partial charge is 0.492 e. The fourth-order valence-electron chi connectivity index (χ4n) is 1.96. The van der Waals surface area contributed by atoms with Gasteiger partial charge in [0.2, 0.25) is 5.88 Å². The highest BCUT2D eigenvalue weighted by atomic mass is 19.1. The Kier molecular flexibility index (Phi) is 3.75. The minimum atomic E-state index is -0.807. The molecule has 0 aliphatic heterocycles. The lowest BCUT2D eigenvalue weighted by molar-refractivity contribution is 0.143. The number of aryl methyl sites for hydroxylation is 1. The van der Waals surface area contributed by atoms with E-state index in [2.05, 4.69) is 4.99 Å². The quantitative estimate of drug-likeness (QED) is 0.660. The maximum atomic E-state index is 13.5. The Morgan fingerprint density at radius 3 is 2.62 bits per heavy atom. The molecule has 0 saturated heterocycles. The molecule has 0 amide bonds. The topological polar surface area (TPSA) is 74.8 Å². The van der Waals surface area contributed by atoms with Crippen LogP contribution in [-0.2, 0) is 0 Å². The number of nitrogens with zero attached hydrogens (tertiary/aromatic N) is 2. The standard InChI is InChI=1S/C14H12F2N2O3/c1-7-5-12(19)18(21)14(20)13(7)8(2)17-11-6-9(15)3-4-10(11)16/h3-6,20-21H,1-2H3. The molecule has 0 atom stereocenters. The van der Waals surface area contributed by atoms with Crippen LogP contribution in [0.2, 0.25) is 0 Å². The lowest BCUT2D eigenvalue weighted by atomic mass is 10.1. The van der Waals surface area contributed by atoms with Crippen LogP contribution in [0.5, 0.6) is 5.88 Å². The van der Waals surface area contributed by atoms with Gasteiger partial charge in [-0.3, -0.25) is 4.79 Å². The molecule has 2 rings (SSSR count). The van der Waals surface area contributed by atoms with Crippen LogP contribution in [-0.4, -0.2) is 20.8 Å². The molecular weight excluding hydrogens is 282 g/mol. The van der Waals surface area contributed by atoms with Gasteiger partial charge in [0.25, 0.3) is 5.56 Å². The molecule has 1 aromatic carbocycles. The van der Waals surface area contributed by atoms with Crippen molar-refractivity contribution >= 4 is 11.4 Å². The smallest absolute Gasteiger partial charge is 0.286 e. The SMILES string of the molecule is CC(=Nc1cc(F)ccc1F)c1c(C)cc(=O)n(O)c1O. The van der Waals surface area contributed by atoms with Gasteiger partial charge in [0.05, 0.1) is 11.3 Å². The molecule has 5 nitrogen and oxygen atoms in total. The van der Waals surface area contributed by atoms with Gasteiger partial charge < -0.3 is 10.3 Å². The van der Waals surface area contributed by atoms with Crippen LogP contribution in [0.3, 0.4) is 0 Å². The zero-order chi connectivity index (χ0) is 15.7. The highest BCUT2D eigenvalue weighted by Crippen LogP contribution is 2.24. The summed E-state index contributed by atoms with van der Waals surface area (Å²) in [6, 6.07) is 3.89. The second-order valence-electron chi connectivity index (χ2n) is 4.47. The number of hydrogen-bond acceptors (Lipinski definition) is 4. The maximum absolute atomic E-state index is 13.5. The van der Waals surface area contributed by atoms with Crippen LogP contribution in [0.1, 0.15) is 18.1 Å². The summed E-state index contributed by atoms with van der Waals surface area (Å²) < 4.78 is 26.7. The van der Waals surface area contributed by atoms with E-state index in [-0.39, 0.29) is 21.7 Å². The Morgan fingerprint density at radius 1 is 1.29 bits per heavy atom. The number of benzene rings is 1. The van der Waals surface area contributed by atoms with Crippen LogP contribution in [0, 0.1) is 18.6 Å². The van der Waals surface area contributed by atoms with E-state index in [4.69, 9.17) is 0 Å². The van der Waals surface area contributed by atoms with Gasteiger partial charge in [-0.2, -0.15) is 0 Å². The summed E-state index contributed by atoms with van der Waals surface area (Å²) in [6.07, 6.45) is 0. The predicted molar refractivity (Wildman–Crippen MR) is 72.5 cm³/mol. The lowest BCUT2D eigenvalue weighted by Gasteiger charge is -2.10. The van der Waals surface area contributed by atoms with Crippen molar-refractivity contribution < 1.29 is 19.1 Å². The summed E-state index contributed by atoms with van der Waals surface area (Å²) >= 11 is 0. The summed E-state index contributed by atoms with van der Waals surface area (Å²) in [6.45, 7) is 2.97. The molecule has 1 heterocycles. The van der Waals surface area contributed by atoms with Crippen molar-refractivity contribution in [1.29, 1.82) is 0 Å². The first-order valence-corrected chi connectivity index (χ1v) is 5.97. The fraction of sp³-hybridized carbons (Fsp3) is 0.143. The Balaban J connectivity index is 2.62. The Bertz CT molecular complexity index is 798. The number of pyridine rings is 1. The first-order chi connectivity index (χ1) is 9.81. The maximum Gasteiger partial charge on any atom is 0.286 e. The zero-order valence-electron chi connectivity index (χ0n) is 11.3. The Morgan fingerprint density at radius 2 is 1.95 bits per heavy atom. The van der Waals surface area contributed by atoms with Crippen molar-refractivity contribution in [2.45, 2.75) is 13.8 Å². The van der Waals surface area contributed by atoms with E-state index < -0.39 is 23.1 Å². The minimum Gasteiger partial charge on any atom is -0.492 e. The van der Waals surface area contributed by atoms with Crippen molar-refractivity contribution in [1.82, 2.24) is 4.73 Å². The van der Waals surface area contributed by atoms with Crippen molar-refractivity contribution in [3.8, 4) is 5.88 Å². The van der Waals surface area contributed by atoms with E-state index in [9.17, 15) is 23.9 Å². The second-order valence-corrected chi connectivity index (χ2v) is 4.47. The molecule has 2 N–H and O–H groups in total. The molecule has 1 aromatic heterocycles. The molecule has 0 aliphatic rings. The monoisotopic (exact) mass is 294 g/mol. The van der Waals surface area contributed by atoms with Gasteiger partial charge in [-0.25, -0.2) is 13.8 Å². The van der Waals surface area contributed by atoms with Crippen molar-refractivity contribution in [2.75, 3.05) is 0 Å². The van der Waals surface area contributed by atoms with Gasteiger partial charge in [0, 0.05) is 12.1 Å². The van der Waals surface area contributed by atoms with Crippen molar-refractivity contribution in [3.05, 3.63) is 57.4 Å². The summed E-state index contributed by atoms with van der Waals surface area (Å²) in [5.74, 6) is -2.10. The number of aromatic hydroxyl groups is 1. The highest BCUT2D eigenvalue weighted by Gasteiger charge is 2.15. The molecule has 0 aliphatic carbocycles. The van der Waals surface area contributed by atoms with Gasteiger partial charge in [-0.1, -0.05) is 0 Å².